The number of carboxylic acids is 1. The number of carbonyl (C=O) groups is 1. The Hall–Kier alpha value is -2.07. The molecule has 0 bridgehead atoms. The normalized spacial score (nSPS) is 11.0. The summed E-state index contributed by atoms with van der Waals surface area (Å²) in [6.45, 7) is 12.4. The molecule has 24 heavy (non-hydrogen) atoms. The molecule has 1 aromatic carbocycles. The third-order valence-electron chi connectivity index (χ3n) is 4.69. The van der Waals surface area contributed by atoms with Gasteiger partial charge in [-0.25, -0.2) is 4.79 Å². The molecule has 130 valence electrons. The van der Waals surface area contributed by atoms with E-state index in [1.165, 1.54) is 16.7 Å². The number of rotatable bonds is 7. The molecule has 2 N–H and O–H groups in total. The number of nitrogens with zero attached hydrogens (tertiary/aromatic N) is 1. The van der Waals surface area contributed by atoms with Gasteiger partial charge in [-0.3, -0.25) is 0 Å². The van der Waals surface area contributed by atoms with Crippen molar-refractivity contribution in [2.45, 2.75) is 54.1 Å². The third kappa shape index (κ3) is 3.70. The van der Waals surface area contributed by atoms with E-state index in [1.54, 1.807) is 0 Å². The summed E-state index contributed by atoms with van der Waals surface area (Å²) in [5.74, 6) is -0.844. The van der Waals surface area contributed by atoms with Crippen LogP contribution < -0.4 is 5.32 Å². The standard InChI is InChI=1S/C20H28N2O2/c1-6-9-21-11-18-15(4)22(16(5)19(18)20(23)24)12-17-10-13(2)7-8-14(17)3/h7-8,10,21H,6,9,11-12H2,1-5H3,(H,23,24). The molecule has 2 rings (SSSR count). The van der Waals surface area contributed by atoms with Gasteiger partial charge < -0.3 is 15.0 Å². The molecule has 0 aliphatic rings. The summed E-state index contributed by atoms with van der Waals surface area (Å²) in [6.07, 6.45) is 1.03. The quantitative estimate of drug-likeness (QED) is 0.756. The number of hydrogen-bond donors (Lipinski definition) is 2. The Kier molecular flexibility index (Phi) is 5.84. The molecule has 0 saturated carbocycles. The third-order valence-corrected chi connectivity index (χ3v) is 4.69. The molecule has 0 radical (unpaired) electrons. The first-order chi connectivity index (χ1) is 11.4. The molecule has 0 spiro atoms. The SMILES string of the molecule is CCCNCc1c(C(=O)O)c(C)n(Cc2cc(C)ccc2C)c1C. The lowest BCUT2D eigenvalue weighted by atomic mass is 10.1. The van der Waals surface area contributed by atoms with Gasteiger partial charge in [0.1, 0.15) is 0 Å². The van der Waals surface area contributed by atoms with Crippen molar-refractivity contribution in [3.05, 3.63) is 57.4 Å². The topological polar surface area (TPSA) is 54.3 Å². The molecule has 0 aliphatic carbocycles. The van der Waals surface area contributed by atoms with Gasteiger partial charge in [0, 0.05) is 30.0 Å². The van der Waals surface area contributed by atoms with Crippen LogP contribution in [0.5, 0.6) is 0 Å². The summed E-state index contributed by atoms with van der Waals surface area (Å²) in [5, 5.41) is 13.0. The summed E-state index contributed by atoms with van der Waals surface area (Å²) >= 11 is 0. The van der Waals surface area contributed by atoms with Gasteiger partial charge in [0.25, 0.3) is 0 Å². The van der Waals surface area contributed by atoms with Crippen molar-refractivity contribution >= 4 is 5.97 Å². The van der Waals surface area contributed by atoms with E-state index in [9.17, 15) is 9.90 Å². The maximum Gasteiger partial charge on any atom is 0.337 e. The van der Waals surface area contributed by atoms with E-state index >= 15 is 0 Å². The Bertz CT molecular complexity index is 745. The maximum absolute atomic E-state index is 11.8. The summed E-state index contributed by atoms with van der Waals surface area (Å²) in [6, 6.07) is 6.42. The average molecular weight is 328 g/mol. The number of benzene rings is 1. The fourth-order valence-electron chi connectivity index (χ4n) is 3.22. The zero-order chi connectivity index (χ0) is 17.9. The van der Waals surface area contributed by atoms with Crippen molar-refractivity contribution in [3.63, 3.8) is 0 Å². The van der Waals surface area contributed by atoms with Gasteiger partial charge in [-0.15, -0.1) is 0 Å². The van der Waals surface area contributed by atoms with Crippen molar-refractivity contribution in [2.75, 3.05) is 6.54 Å². The second kappa shape index (κ2) is 7.67. The van der Waals surface area contributed by atoms with E-state index < -0.39 is 5.97 Å². The minimum atomic E-state index is -0.844. The molecule has 4 heteroatoms. The zero-order valence-electron chi connectivity index (χ0n) is 15.4. The van der Waals surface area contributed by atoms with Crippen LogP contribution in [0.2, 0.25) is 0 Å². The number of carboxylic acid groups (broad SMARTS) is 1. The molecule has 0 amide bonds. The first-order valence-electron chi connectivity index (χ1n) is 8.55. The van der Waals surface area contributed by atoms with Crippen molar-refractivity contribution < 1.29 is 9.90 Å². The fraction of sp³-hybridized carbons (Fsp3) is 0.450. The zero-order valence-corrected chi connectivity index (χ0v) is 15.4. The molecular formula is C20H28N2O2. The number of aromatic carboxylic acids is 1. The largest absolute Gasteiger partial charge is 0.478 e. The van der Waals surface area contributed by atoms with Gasteiger partial charge in [-0.1, -0.05) is 30.7 Å². The first-order valence-corrected chi connectivity index (χ1v) is 8.55. The van der Waals surface area contributed by atoms with Crippen LogP contribution >= 0.6 is 0 Å². The fourth-order valence-corrected chi connectivity index (χ4v) is 3.22. The van der Waals surface area contributed by atoms with Crippen LogP contribution in [0, 0.1) is 27.7 Å². The number of aromatic nitrogens is 1. The number of aryl methyl sites for hydroxylation is 2. The predicted molar refractivity (Wildman–Crippen MR) is 97.9 cm³/mol. The highest BCUT2D eigenvalue weighted by molar-refractivity contribution is 5.91. The van der Waals surface area contributed by atoms with Crippen LogP contribution in [-0.2, 0) is 13.1 Å². The molecule has 0 fully saturated rings. The average Bonchev–Trinajstić information content (AvgIpc) is 2.75. The van der Waals surface area contributed by atoms with E-state index in [2.05, 4.69) is 48.9 Å². The molecule has 0 atom stereocenters. The molecule has 4 nitrogen and oxygen atoms in total. The van der Waals surface area contributed by atoms with Crippen LogP contribution in [0.15, 0.2) is 18.2 Å². The lowest BCUT2D eigenvalue weighted by Gasteiger charge is -2.13. The number of nitrogens with one attached hydrogen (secondary N) is 1. The maximum atomic E-state index is 11.8. The second-order valence-electron chi connectivity index (χ2n) is 6.52. The van der Waals surface area contributed by atoms with E-state index in [1.807, 2.05) is 13.8 Å². The summed E-state index contributed by atoms with van der Waals surface area (Å²) in [4.78, 5) is 11.8. The highest BCUT2D eigenvalue weighted by Crippen LogP contribution is 2.25. The molecule has 2 aromatic rings. The lowest BCUT2D eigenvalue weighted by Crippen LogP contribution is -2.16. The molecule has 1 heterocycles. The minimum absolute atomic E-state index is 0.446. The van der Waals surface area contributed by atoms with Crippen molar-refractivity contribution in [3.8, 4) is 0 Å². The van der Waals surface area contributed by atoms with E-state index in [0.29, 0.717) is 18.7 Å². The predicted octanol–water partition coefficient (Wildman–Crippen LogP) is 3.97. The molecular weight excluding hydrogens is 300 g/mol. The van der Waals surface area contributed by atoms with Gasteiger partial charge in [0.2, 0.25) is 0 Å². The van der Waals surface area contributed by atoms with Crippen LogP contribution in [0.4, 0.5) is 0 Å². The number of hydrogen-bond acceptors (Lipinski definition) is 2. The highest BCUT2D eigenvalue weighted by atomic mass is 16.4. The monoisotopic (exact) mass is 328 g/mol. The summed E-state index contributed by atoms with van der Waals surface area (Å²) in [7, 11) is 0. The Balaban J connectivity index is 2.44. The minimum Gasteiger partial charge on any atom is -0.478 e. The summed E-state index contributed by atoms with van der Waals surface area (Å²) < 4.78 is 2.13. The summed E-state index contributed by atoms with van der Waals surface area (Å²) in [5.41, 5.74) is 6.90. The smallest absolute Gasteiger partial charge is 0.337 e. The highest BCUT2D eigenvalue weighted by Gasteiger charge is 2.22. The van der Waals surface area contributed by atoms with E-state index in [-0.39, 0.29) is 0 Å². The Morgan fingerprint density at radius 3 is 2.50 bits per heavy atom. The van der Waals surface area contributed by atoms with Gasteiger partial charge in [-0.2, -0.15) is 0 Å². The van der Waals surface area contributed by atoms with Gasteiger partial charge in [0.15, 0.2) is 0 Å². The van der Waals surface area contributed by atoms with Crippen LogP contribution in [0.3, 0.4) is 0 Å². The molecule has 0 saturated heterocycles. The van der Waals surface area contributed by atoms with Gasteiger partial charge >= 0.3 is 5.97 Å². The van der Waals surface area contributed by atoms with E-state index in [4.69, 9.17) is 0 Å². The Morgan fingerprint density at radius 1 is 1.17 bits per heavy atom. The van der Waals surface area contributed by atoms with Gasteiger partial charge in [-0.05, 0) is 51.8 Å². The molecule has 0 unspecified atom stereocenters. The van der Waals surface area contributed by atoms with Crippen LogP contribution in [-0.4, -0.2) is 22.2 Å². The lowest BCUT2D eigenvalue weighted by molar-refractivity contribution is 0.0694. The Labute approximate surface area is 144 Å². The van der Waals surface area contributed by atoms with Crippen LogP contribution in [0.25, 0.3) is 0 Å². The van der Waals surface area contributed by atoms with Crippen molar-refractivity contribution in [1.82, 2.24) is 9.88 Å². The van der Waals surface area contributed by atoms with Crippen molar-refractivity contribution in [1.29, 1.82) is 0 Å². The van der Waals surface area contributed by atoms with Crippen molar-refractivity contribution in [2.24, 2.45) is 0 Å². The second-order valence-corrected chi connectivity index (χ2v) is 6.52. The molecule has 0 aliphatic heterocycles. The molecule has 1 aromatic heterocycles. The van der Waals surface area contributed by atoms with Crippen LogP contribution in [0.1, 0.15) is 57.3 Å². The first kappa shape index (κ1) is 18.3. The van der Waals surface area contributed by atoms with Gasteiger partial charge in [0.05, 0.1) is 5.56 Å². The Morgan fingerprint density at radius 2 is 1.88 bits per heavy atom. The van der Waals surface area contributed by atoms with E-state index in [0.717, 1.165) is 29.9 Å².